The molecule has 2 aromatic rings. The Morgan fingerprint density at radius 1 is 1.39 bits per heavy atom. The van der Waals surface area contributed by atoms with Crippen molar-refractivity contribution < 1.29 is 9.90 Å². The number of aromatic nitrogens is 3. The zero-order chi connectivity index (χ0) is 13.1. The van der Waals surface area contributed by atoms with Crippen LogP contribution in [0.4, 0.5) is 0 Å². The minimum absolute atomic E-state index is 0.211. The van der Waals surface area contributed by atoms with Gasteiger partial charge in [0.2, 0.25) is 0 Å². The fraction of sp³-hybridized carbons (Fsp3) is 0.462. The van der Waals surface area contributed by atoms with Gasteiger partial charge in [-0.05, 0) is 18.1 Å². The summed E-state index contributed by atoms with van der Waals surface area (Å²) in [4.78, 5) is 11.1. The van der Waals surface area contributed by atoms with E-state index in [2.05, 4.69) is 24.2 Å². The second-order valence-electron chi connectivity index (χ2n) is 4.43. The Morgan fingerprint density at radius 2 is 2.11 bits per heavy atom. The van der Waals surface area contributed by atoms with Crippen molar-refractivity contribution in [2.45, 2.75) is 33.2 Å². The predicted octanol–water partition coefficient (Wildman–Crippen LogP) is 2.57. The molecule has 0 spiro atoms. The Bertz CT molecular complexity index is 558. The average molecular weight is 247 g/mol. The summed E-state index contributed by atoms with van der Waals surface area (Å²) in [6.45, 7) is 5.08. The lowest BCUT2D eigenvalue weighted by molar-refractivity contribution is 0.0699. The van der Waals surface area contributed by atoms with Crippen molar-refractivity contribution >= 4 is 17.0 Å². The maximum absolute atomic E-state index is 11.1. The smallest absolute Gasteiger partial charge is 0.338 e. The first-order valence-electron chi connectivity index (χ1n) is 6.22. The molecule has 0 aliphatic carbocycles. The van der Waals surface area contributed by atoms with Crippen LogP contribution in [-0.2, 0) is 6.54 Å². The number of aromatic carboxylic acids is 1. The minimum Gasteiger partial charge on any atom is -0.478 e. The molecule has 0 bridgehead atoms. The van der Waals surface area contributed by atoms with Gasteiger partial charge in [0, 0.05) is 6.54 Å². The summed E-state index contributed by atoms with van der Waals surface area (Å²) in [7, 11) is 0. The van der Waals surface area contributed by atoms with E-state index in [1.165, 1.54) is 0 Å². The van der Waals surface area contributed by atoms with E-state index in [0.717, 1.165) is 24.9 Å². The van der Waals surface area contributed by atoms with Crippen molar-refractivity contribution in [2.75, 3.05) is 0 Å². The van der Waals surface area contributed by atoms with E-state index in [9.17, 15) is 4.79 Å². The van der Waals surface area contributed by atoms with Crippen molar-refractivity contribution in [3.8, 4) is 0 Å². The summed E-state index contributed by atoms with van der Waals surface area (Å²) in [5, 5.41) is 17.2. The normalized spacial score (nSPS) is 11.3. The molecule has 0 saturated carbocycles. The van der Waals surface area contributed by atoms with E-state index < -0.39 is 5.97 Å². The fourth-order valence-electron chi connectivity index (χ4n) is 2.09. The molecule has 18 heavy (non-hydrogen) atoms. The summed E-state index contributed by atoms with van der Waals surface area (Å²) in [6, 6.07) is 5.16. The number of hydrogen-bond donors (Lipinski definition) is 1. The molecule has 1 aromatic heterocycles. The Morgan fingerprint density at radius 3 is 2.72 bits per heavy atom. The first-order valence-corrected chi connectivity index (χ1v) is 6.22. The fourth-order valence-corrected chi connectivity index (χ4v) is 2.09. The predicted molar refractivity (Wildman–Crippen MR) is 68.6 cm³/mol. The molecule has 0 amide bonds. The molecule has 0 aliphatic rings. The summed E-state index contributed by atoms with van der Waals surface area (Å²) < 4.78 is 1.80. The number of carboxylic acid groups (broad SMARTS) is 1. The number of fused-ring (bicyclic) bond motifs is 1. The van der Waals surface area contributed by atoms with Gasteiger partial charge in [-0.1, -0.05) is 38.0 Å². The molecule has 1 N–H and O–H groups in total. The maximum Gasteiger partial charge on any atom is 0.338 e. The van der Waals surface area contributed by atoms with Gasteiger partial charge in [0.15, 0.2) is 0 Å². The Labute approximate surface area is 105 Å². The molecule has 1 heterocycles. The van der Waals surface area contributed by atoms with E-state index in [-0.39, 0.29) is 5.56 Å². The molecule has 1 aromatic carbocycles. The zero-order valence-electron chi connectivity index (χ0n) is 10.6. The van der Waals surface area contributed by atoms with Gasteiger partial charge in [-0.25, -0.2) is 9.48 Å². The molecular formula is C13H17N3O2. The lowest BCUT2D eigenvalue weighted by atomic mass is 10.0. The Balaban J connectivity index is 2.42. The Kier molecular flexibility index (Phi) is 3.60. The van der Waals surface area contributed by atoms with Gasteiger partial charge in [-0.3, -0.25) is 0 Å². The van der Waals surface area contributed by atoms with Gasteiger partial charge in [0.05, 0.1) is 11.1 Å². The second-order valence-corrected chi connectivity index (χ2v) is 4.43. The molecule has 96 valence electrons. The van der Waals surface area contributed by atoms with Crippen molar-refractivity contribution in [1.82, 2.24) is 15.0 Å². The van der Waals surface area contributed by atoms with Crippen molar-refractivity contribution in [3.63, 3.8) is 0 Å². The molecule has 0 saturated heterocycles. The van der Waals surface area contributed by atoms with Gasteiger partial charge >= 0.3 is 5.97 Å². The number of hydrogen-bond acceptors (Lipinski definition) is 3. The molecular weight excluding hydrogens is 230 g/mol. The largest absolute Gasteiger partial charge is 0.478 e. The highest BCUT2D eigenvalue weighted by Gasteiger charge is 2.15. The van der Waals surface area contributed by atoms with Crippen LogP contribution >= 0.6 is 0 Å². The summed E-state index contributed by atoms with van der Waals surface area (Å²) >= 11 is 0. The third-order valence-corrected chi connectivity index (χ3v) is 3.36. The van der Waals surface area contributed by atoms with Crippen LogP contribution in [-0.4, -0.2) is 26.1 Å². The SMILES string of the molecule is CCC(CC)Cn1nnc2c(C(=O)O)cccc21. The monoisotopic (exact) mass is 247 g/mol. The van der Waals surface area contributed by atoms with Crippen LogP contribution in [0.5, 0.6) is 0 Å². The minimum atomic E-state index is -0.963. The summed E-state index contributed by atoms with van der Waals surface area (Å²) in [5.74, 6) is -0.418. The standard InChI is InChI=1S/C13H17N3O2/c1-3-9(4-2)8-16-11-7-5-6-10(13(17)18)12(11)14-15-16/h5-7,9H,3-4,8H2,1-2H3,(H,17,18). The molecule has 0 radical (unpaired) electrons. The van der Waals surface area contributed by atoms with Gasteiger partial charge in [0.25, 0.3) is 0 Å². The molecule has 2 rings (SSSR count). The molecule has 0 atom stereocenters. The van der Waals surface area contributed by atoms with Gasteiger partial charge < -0.3 is 5.11 Å². The third-order valence-electron chi connectivity index (χ3n) is 3.36. The highest BCUT2D eigenvalue weighted by Crippen LogP contribution is 2.18. The van der Waals surface area contributed by atoms with Crippen molar-refractivity contribution in [3.05, 3.63) is 23.8 Å². The number of benzene rings is 1. The van der Waals surface area contributed by atoms with Crippen LogP contribution < -0.4 is 0 Å². The lowest BCUT2D eigenvalue weighted by Crippen LogP contribution is -2.10. The van der Waals surface area contributed by atoms with E-state index in [0.29, 0.717) is 11.4 Å². The van der Waals surface area contributed by atoms with Crippen molar-refractivity contribution in [2.24, 2.45) is 5.92 Å². The maximum atomic E-state index is 11.1. The quantitative estimate of drug-likeness (QED) is 0.881. The van der Waals surface area contributed by atoms with Crippen LogP contribution in [0.1, 0.15) is 37.0 Å². The number of nitrogens with zero attached hydrogens (tertiary/aromatic N) is 3. The molecule has 5 nitrogen and oxygen atoms in total. The van der Waals surface area contributed by atoms with Gasteiger partial charge in [-0.15, -0.1) is 5.10 Å². The van der Waals surface area contributed by atoms with Gasteiger partial charge in [-0.2, -0.15) is 0 Å². The first kappa shape index (κ1) is 12.5. The second kappa shape index (κ2) is 5.16. The molecule has 0 aliphatic heterocycles. The van der Waals surface area contributed by atoms with Crippen LogP contribution in [0.25, 0.3) is 11.0 Å². The average Bonchev–Trinajstić information content (AvgIpc) is 2.78. The highest BCUT2D eigenvalue weighted by molar-refractivity contribution is 6.00. The van der Waals surface area contributed by atoms with E-state index in [4.69, 9.17) is 5.11 Å². The van der Waals surface area contributed by atoms with E-state index in [1.807, 2.05) is 6.07 Å². The first-order chi connectivity index (χ1) is 8.67. The van der Waals surface area contributed by atoms with Crippen LogP contribution in [0, 0.1) is 5.92 Å². The highest BCUT2D eigenvalue weighted by atomic mass is 16.4. The lowest BCUT2D eigenvalue weighted by Gasteiger charge is -2.11. The van der Waals surface area contributed by atoms with E-state index >= 15 is 0 Å². The number of rotatable bonds is 5. The molecule has 0 fully saturated rings. The zero-order valence-corrected chi connectivity index (χ0v) is 10.6. The van der Waals surface area contributed by atoms with Crippen LogP contribution in [0.15, 0.2) is 18.2 Å². The number of carboxylic acids is 1. The van der Waals surface area contributed by atoms with E-state index in [1.54, 1.807) is 16.8 Å². The molecule has 0 unspecified atom stereocenters. The van der Waals surface area contributed by atoms with Gasteiger partial charge in [0.1, 0.15) is 5.52 Å². The third kappa shape index (κ3) is 2.20. The van der Waals surface area contributed by atoms with Crippen LogP contribution in [0.2, 0.25) is 0 Å². The summed E-state index contributed by atoms with van der Waals surface area (Å²) in [5.41, 5.74) is 1.47. The number of carbonyl (C=O) groups is 1. The van der Waals surface area contributed by atoms with Crippen molar-refractivity contribution in [1.29, 1.82) is 0 Å². The summed E-state index contributed by atoms with van der Waals surface area (Å²) in [6.07, 6.45) is 2.16. The molecule has 5 heteroatoms. The topological polar surface area (TPSA) is 68.0 Å². The Hall–Kier alpha value is -1.91. The van der Waals surface area contributed by atoms with Crippen LogP contribution in [0.3, 0.4) is 0 Å².